The van der Waals surface area contributed by atoms with Crippen LogP contribution in [0.15, 0.2) is 42.5 Å². The van der Waals surface area contributed by atoms with Gasteiger partial charge in [-0.25, -0.2) is 0 Å². The van der Waals surface area contributed by atoms with Crippen LogP contribution in [0.3, 0.4) is 0 Å². The van der Waals surface area contributed by atoms with Crippen LogP contribution in [-0.2, 0) is 12.2 Å². The SMILES string of the molecule is Cc1ccc(COc2ccc(C(C)(C)O)c(C)c2)cc1. The number of rotatable bonds is 4. The number of hydrogen-bond donors (Lipinski definition) is 1. The van der Waals surface area contributed by atoms with Gasteiger partial charge in [0.2, 0.25) is 0 Å². The average molecular weight is 270 g/mol. The first-order valence-electron chi connectivity index (χ1n) is 6.88. The molecule has 0 fully saturated rings. The summed E-state index contributed by atoms with van der Waals surface area (Å²) in [6, 6.07) is 14.1. The van der Waals surface area contributed by atoms with Crippen LogP contribution in [-0.4, -0.2) is 5.11 Å². The number of hydrogen-bond acceptors (Lipinski definition) is 2. The number of benzene rings is 2. The topological polar surface area (TPSA) is 29.5 Å². The first-order chi connectivity index (χ1) is 9.36. The average Bonchev–Trinajstić information content (AvgIpc) is 2.36. The van der Waals surface area contributed by atoms with E-state index in [1.54, 1.807) is 13.8 Å². The van der Waals surface area contributed by atoms with E-state index in [2.05, 4.69) is 31.2 Å². The summed E-state index contributed by atoms with van der Waals surface area (Å²) in [4.78, 5) is 0. The Morgan fingerprint density at radius 3 is 2.20 bits per heavy atom. The first kappa shape index (κ1) is 14.6. The Morgan fingerprint density at radius 2 is 1.65 bits per heavy atom. The minimum absolute atomic E-state index is 0.557. The Labute approximate surface area is 121 Å². The van der Waals surface area contributed by atoms with Crippen molar-refractivity contribution >= 4 is 0 Å². The molecule has 0 amide bonds. The summed E-state index contributed by atoms with van der Waals surface area (Å²) in [7, 11) is 0. The first-order valence-corrected chi connectivity index (χ1v) is 6.88. The van der Waals surface area contributed by atoms with Crippen LogP contribution in [0.2, 0.25) is 0 Å². The van der Waals surface area contributed by atoms with E-state index >= 15 is 0 Å². The van der Waals surface area contributed by atoms with E-state index in [0.29, 0.717) is 6.61 Å². The predicted octanol–water partition coefficient (Wildman–Crippen LogP) is 4.11. The summed E-state index contributed by atoms with van der Waals surface area (Å²) in [5.74, 6) is 0.830. The molecular weight excluding hydrogens is 248 g/mol. The molecule has 20 heavy (non-hydrogen) atoms. The fraction of sp³-hybridized carbons (Fsp3) is 0.333. The van der Waals surface area contributed by atoms with Gasteiger partial charge in [0.25, 0.3) is 0 Å². The van der Waals surface area contributed by atoms with E-state index in [9.17, 15) is 5.11 Å². The second kappa shape index (κ2) is 5.68. The van der Waals surface area contributed by atoms with Crippen molar-refractivity contribution in [2.45, 2.75) is 39.9 Å². The van der Waals surface area contributed by atoms with Gasteiger partial charge in [-0.3, -0.25) is 0 Å². The van der Waals surface area contributed by atoms with E-state index in [1.165, 1.54) is 5.56 Å². The lowest BCUT2D eigenvalue weighted by Crippen LogP contribution is -2.17. The molecule has 0 saturated carbocycles. The van der Waals surface area contributed by atoms with Gasteiger partial charge in [0.1, 0.15) is 12.4 Å². The second-order valence-electron chi connectivity index (χ2n) is 5.81. The van der Waals surface area contributed by atoms with Gasteiger partial charge in [-0.2, -0.15) is 0 Å². The Hall–Kier alpha value is -1.80. The molecule has 106 valence electrons. The van der Waals surface area contributed by atoms with Gasteiger partial charge in [-0.15, -0.1) is 0 Å². The van der Waals surface area contributed by atoms with Crippen molar-refractivity contribution in [2.24, 2.45) is 0 Å². The molecule has 0 aliphatic carbocycles. The number of aliphatic hydroxyl groups is 1. The van der Waals surface area contributed by atoms with Crippen molar-refractivity contribution in [3.8, 4) is 5.75 Å². The molecule has 0 aromatic heterocycles. The standard InChI is InChI=1S/C18H22O2/c1-13-5-7-15(8-6-13)12-20-16-9-10-17(14(2)11-16)18(3,4)19/h5-11,19H,12H2,1-4H3. The Balaban J connectivity index is 2.07. The largest absolute Gasteiger partial charge is 0.489 e. The summed E-state index contributed by atoms with van der Waals surface area (Å²) >= 11 is 0. The zero-order chi connectivity index (χ0) is 14.8. The predicted molar refractivity (Wildman–Crippen MR) is 81.9 cm³/mol. The lowest BCUT2D eigenvalue weighted by Gasteiger charge is -2.21. The maximum absolute atomic E-state index is 10.1. The Morgan fingerprint density at radius 1 is 1.00 bits per heavy atom. The lowest BCUT2D eigenvalue weighted by atomic mass is 9.94. The Bertz CT molecular complexity index is 577. The van der Waals surface area contributed by atoms with Crippen LogP contribution in [0.25, 0.3) is 0 Å². The van der Waals surface area contributed by atoms with E-state index in [-0.39, 0.29) is 0 Å². The number of aryl methyl sites for hydroxylation is 2. The minimum Gasteiger partial charge on any atom is -0.489 e. The van der Waals surface area contributed by atoms with Gasteiger partial charge in [0.05, 0.1) is 5.60 Å². The van der Waals surface area contributed by atoms with Crippen molar-refractivity contribution in [1.82, 2.24) is 0 Å². The molecular formula is C18H22O2. The molecule has 2 aromatic carbocycles. The maximum atomic E-state index is 10.1. The number of ether oxygens (including phenoxy) is 1. The van der Waals surface area contributed by atoms with Gasteiger partial charge in [0, 0.05) is 0 Å². The molecule has 2 heteroatoms. The lowest BCUT2D eigenvalue weighted by molar-refractivity contribution is 0.0778. The summed E-state index contributed by atoms with van der Waals surface area (Å²) in [6.45, 7) is 8.21. The molecule has 0 atom stereocenters. The summed E-state index contributed by atoms with van der Waals surface area (Å²) in [5, 5.41) is 10.1. The van der Waals surface area contributed by atoms with Crippen LogP contribution < -0.4 is 4.74 Å². The third-order valence-corrected chi connectivity index (χ3v) is 3.38. The zero-order valence-electron chi connectivity index (χ0n) is 12.6. The molecule has 0 aliphatic heterocycles. The summed E-state index contributed by atoms with van der Waals surface area (Å²) in [5.41, 5.74) is 3.55. The van der Waals surface area contributed by atoms with Crippen molar-refractivity contribution in [2.75, 3.05) is 0 Å². The molecule has 0 spiro atoms. The third-order valence-electron chi connectivity index (χ3n) is 3.38. The van der Waals surface area contributed by atoms with E-state index < -0.39 is 5.60 Å². The zero-order valence-corrected chi connectivity index (χ0v) is 12.6. The fourth-order valence-corrected chi connectivity index (χ4v) is 2.26. The van der Waals surface area contributed by atoms with Gasteiger partial charge in [-0.1, -0.05) is 35.9 Å². The maximum Gasteiger partial charge on any atom is 0.120 e. The van der Waals surface area contributed by atoms with Crippen LogP contribution >= 0.6 is 0 Å². The van der Waals surface area contributed by atoms with Crippen LogP contribution in [0.4, 0.5) is 0 Å². The highest BCUT2D eigenvalue weighted by Crippen LogP contribution is 2.26. The van der Waals surface area contributed by atoms with Crippen LogP contribution in [0, 0.1) is 13.8 Å². The van der Waals surface area contributed by atoms with Gasteiger partial charge in [0.15, 0.2) is 0 Å². The molecule has 0 unspecified atom stereocenters. The molecule has 2 rings (SSSR count). The van der Waals surface area contributed by atoms with Crippen LogP contribution in [0.1, 0.15) is 36.1 Å². The molecule has 0 aliphatic rings. The molecule has 0 heterocycles. The monoisotopic (exact) mass is 270 g/mol. The fourth-order valence-electron chi connectivity index (χ4n) is 2.26. The summed E-state index contributed by atoms with van der Waals surface area (Å²) in [6.07, 6.45) is 0. The minimum atomic E-state index is -0.820. The molecule has 0 saturated heterocycles. The van der Waals surface area contributed by atoms with Gasteiger partial charge in [-0.05, 0) is 56.5 Å². The smallest absolute Gasteiger partial charge is 0.120 e. The van der Waals surface area contributed by atoms with Crippen molar-refractivity contribution < 1.29 is 9.84 Å². The molecule has 2 aromatic rings. The molecule has 2 nitrogen and oxygen atoms in total. The van der Waals surface area contributed by atoms with Crippen molar-refractivity contribution in [3.05, 3.63) is 64.7 Å². The molecule has 0 bridgehead atoms. The van der Waals surface area contributed by atoms with Crippen molar-refractivity contribution in [1.29, 1.82) is 0 Å². The quantitative estimate of drug-likeness (QED) is 0.906. The molecule has 0 radical (unpaired) electrons. The molecule has 1 N–H and O–H groups in total. The normalized spacial score (nSPS) is 11.4. The van der Waals surface area contributed by atoms with Gasteiger partial charge < -0.3 is 9.84 Å². The second-order valence-corrected chi connectivity index (χ2v) is 5.81. The van der Waals surface area contributed by atoms with Crippen molar-refractivity contribution in [3.63, 3.8) is 0 Å². The van der Waals surface area contributed by atoms with E-state index in [4.69, 9.17) is 4.74 Å². The highest BCUT2D eigenvalue weighted by atomic mass is 16.5. The Kier molecular flexibility index (Phi) is 4.15. The van der Waals surface area contributed by atoms with E-state index in [1.807, 2.05) is 25.1 Å². The van der Waals surface area contributed by atoms with E-state index in [0.717, 1.165) is 22.4 Å². The summed E-state index contributed by atoms with van der Waals surface area (Å²) < 4.78 is 5.80. The highest BCUT2D eigenvalue weighted by Gasteiger charge is 2.18. The third kappa shape index (κ3) is 3.61. The van der Waals surface area contributed by atoms with Crippen LogP contribution in [0.5, 0.6) is 5.75 Å². The van der Waals surface area contributed by atoms with Gasteiger partial charge >= 0.3 is 0 Å². The highest BCUT2D eigenvalue weighted by molar-refractivity contribution is 5.37.